The van der Waals surface area contributed by atoms with Crippen molar-refractivity contribution < 1.29 is 28.9 Å². The van der Waals surface area contributed by atoms with Crippen molar-refractivity contribution in [1.29, 1.82) is 5.26 Å². The van der Waals surface area contributed by atoms with Gasteiger partial charge in [0, 0.05) is 39.8 Å². The summed E-state index contributed by atoms with van der Waals surface area (Å²) in [7, 11) is 1.64. The first-order chi connectivity index (χ1) is 18.4. The van der Waals surface area contributed by atoms with Gasteiger partial charge in [0.2, 0.25) is 11.9 Å². The Morgan fingerprint density at radius 1 is 1.13 bits per heavy atom. The van der Waals surface area contributed by atoms with Crippen molar-refractivity contribution in [3.63, 3.8) is 0 Å². The number of nitrogens with zero attached hydrogens (tertiary/aromatic N) is 4. The number of aliphatic imine (C=N–C) groups is 1. The number of methoxy groups -OCH3 is 1. The second-order valence-corrected chi connectivity index (χ2v) is 10.4. The van der Waals surface area contributed by atoms with Crippen LogP contribution >= 0.6 is 0 Å². The molecule has 1 aliphatic carbocycles. The molecule has 0 spiro atoms. The molecule has 12 heteroatoms. The second-order valence-electron chi connectivity index (χ2n) is 10.4. The average molecular weight is 537 g/mol. The van der Waals surface area contributed by atoms with Crippen molar-refractivity contribution in [3.05, 3.63) is 0 Å². The summed E-state index contributed by atoms with van der Waals surface area (Å²) in [6.07, 6.45) is 5.84. The molecular formula is C26H44N6O6. The summed E-state index contributed by atoms with van der Waals surface area (Å²) >= 11 is 0. The maximum absolute atomic E-state index is 13.7. The highest BCUT2D eigenvalue weighted by molar-refractivity contribution is 5.95. The third-order valence-electron chi connectivity index (χ3n) is 7.66. The molecule has 3 fully saturated rings. The number of morpholine rings is 1. The summed E-state index contributed by atoms with van der Waals surface area (Å²) in [6, 6.07) is 1.59. The molecule has 0 aromatic rings. The Bertz CT molecular complexity index is 814. The molecule has 3 aliphatic rings. The van der Waals surface area contributed by atoms with E-state index in [1.165, 1.54) is 6.42 Å². The number of hydrogen-bond donors (Lipinski definition) is 3. The summed E-state index contributed by atoms with van der Waals surface area (Å²) in [5.41, 5.74) is -0.968. The standard InChI is InChI=1S/C26H44N6O6/c1-36-17-18-38-14-11-31-9-7-26(20-27,8-10-31)30-23(33)22(19-21-5-3-2-4-6-21)28-24(29-25(34)35)32-12-15-37-16-13-32/h21-22H,2-19H2,1H3,(H,28,29)(H,30,33)(H,34,35). The van der Waals surface area contributed by atoms with Crippen LogP contribution in [0, 0.1) is 17.2 Å². The molecule has 1 atom stereocenters. The molecule has 2 aliphatic heterocycles. The SMILES string of the molecule is COCCOCCN1CCC(C#N)(NC(=O)C(CC2CCCCC2)N=C(NC(=O)O)N2CCOCC2)CC1. The molecule has 0 radical (unpaired) electrons. The first-order valence-electron chi connectivity index (χ1n) is 13.9. The van der Waals surface area contributed by atoms with Gasteiger partial charge < -0.3 is 34.4 Å². The summed E-state index contributed by atoms with van der Waals surface area (Å²) in [5.74, 6) is 0.203. The fourth-order valence-corrected chi connectivity index (χ4v) is 5.35. The van der Waals surface area contributed by atoms with Crippen molar-refractivity contribution in [2.75, 3.05) is 72.9 Å². The Morgan fingerprint density at radius 2 is 1.84 bits per heavy atom. The van der Waals surface area contributed by atoms with Crippen LogP contribution < -0.4 is 10.6 Å². The number of carbonyl (C=O) groups excluding carboxylic acids is 1. The fourth-order valence-electron chi connectivity index (χ4n) is 5.35. The van der Waals surface area contributed by atoms with Gasteiger partial charge in [0.15, 0.2) is 0 Å². The zero-order chi connectivity index (χ0) is 27.2. The second kappa shape index (κ2) is 15.8. The van der Waals surface area contributed by atoms with E-state index in [4.69, 9.17) is 14.2 Å². The molecule has 0 aromatic heterocycles. The minimum atomic E-state index is -1.22. The van der Waals surface area contributed by atoms with Crippen LogP contribution in [0.15, 0.2) is 4.99 Å². The van der Waals surface area contributed by atoms with E-state index in [0.29, 0.717) is 84.4 Å². The number of carbonyl (C=O) groups is 2. The Hall–Kier alpha value is -2.46. The number of guanidine groups is 1. The van der Waals surface area contributed by atoms with Crippen LogP contribution in [0.5, 0.6) is 0 Å². The highest BCUT2D eigenvalue weighted by Gasteiger charge is 2.38. The van der Waals surface area contributed by atoms with Crippen molar-refractivity contribution in [2.24, 2.45) is 10.9 Å². The predicted octanol–water partition coefficient (Wildman–Crippen LogP) is 1.42. The first kappa shape index (κ1) is 30.1. The van der Waals surface area contributed by atoms with Gasteiger partial charge in [0.25, 0.3) is 0 Å². The lowest BCUT2D eigenvalue weighted by Gasteiger charge is -2.38. The average Bonchev–Trinajstić information content (AvgIpc) is 2.94. The van der Waals surface area contributed by atoms with Crippen LogP contribution in [0.4, 0.5) is 4.79 Å². The van der Waals surface area contributed by atoms with Crippen LogP contribution in [-0.4, -0.2) is 117 Å². The lowest BCUT2D eigenvalue weighted by Crippen LogP contribution is -2.57. The van der Waals surface area contributed by atoms with Gasteiger partial charge in [-0.2, -0.15) is 5.26 Å². The normalized spacial score (nSPS) is 21.9. The molecule has 0 bridgehead atoms. The summed E-state index contributed by atoms with van der Waals surface area (Å²) < 4.78 is 16.0. The highest BCUT2D eigenvalue weighted by atomic mass is 16.5. The zero-order valence-corrected chi connectivity index (χ0v) is 22.7. The summed E-state index contributed by atoms with van der Waals surface area (Å²) in [4.78, 5) is 34.0. The van der Waals surface area contributed by atoms with E-state index < -0.39 is 17.7 Å². The molecule has 38 heavy (non-hydrogen) atoms. The molecule has 12 nitrogen and oxygen atoms in total. The largest absolute Gasteiger partial charge is 0.465 e. The molecule has 2 heterocycles. The molecule has 0 aromatic carbocycles. The molecule has 3 N–H and O–H groups in total. The molecule has 3 rings (SSSR count). The minimum Gasteiger partial charge on any atom is -0.465 e. The van der Waals surface area contributed by atoms with Gasteiger partial charge in [-0.05, 0) is 25.2 Å². The summed E-state index contributed by atoms with van der Waals surface area (Å²) in [5, 5.41) is 25.0. The van der Waals surface area contributed by atoms with E-state index in [1.807, 2.05) is 4.90 Å². The summed E-state index contributed by atoms with van der Waals surface area (Å²) in [6.45, 7) is 5.73. The number of carboxylic acid groups (broad SMARTS) is 1. The maximum Gasteiger partial charge on any atom is 0.411 e. The smallest absolute Gasteiger partial charge is 0.411 e. The Morgan fingerprint density at radius 3 is 2.47 bits per heavy atom. The van der Waals surface area contributed by atoms with Gasteiger partial charge in [-0.25, -0.2) is 9.79 Å². The van der Waals surface area contributed by atoms with Gasteiger partial charge >= 0.3 is 6.09 Å². The first-order valence-corrected chi connectivity index (χ1v) is 13.9. The van der Waals surface area contributed by atoms with Gasteiger partial charge in [-0.1, -0.05) is 32.1 Å². The van der Waals surface area contributed by atoms with Crippen molar-refractivity contribution in [2.45, 2.75) is 62.9 Å². The molecular weight excluding hydrogens is 492 g/mol. The third-order valence-corrected chi connectivity index (χ3v) is 7.66. The maximum atomic E-state index is 13.7. The van der Waals surface area contributed by atoms with Gasteiger partial charge in [-0.15, -0.1) is 0 Å². The van der Waals surface area contributed by atoms with Crippen molar-refractivity contribution >= 4 is 18.0 Å². The third kappa shape index (κ3) is 9.69. The lowest BCUT2D eigenvalue weighted by atomic mass is 9.84. The Labute approximate surface area is 225 Å². The molecule has 1 unspecified atom stereocenters. The van der Waals surface area contributed by atoms with E-state index in [2.05, 4.69) is 26.6 Å². The Kier molecular flexibility index (Phi) is 12.5. The van der Waals surface area contributed by atoms with Gasteiger partial charge in [0.05, 0.1) is 39.1 Å². The van der Waals surface area contributed by atoms with E-state index in [-0.39, 0.29) is 11.9 Å². The molecule has 2 amide bonds. The van der Waals surface area contributed by atoms with E-state index in [9.17, 15) is 20.0 Å². The highest BCUT2D eigenvalue weighted by Crippen LogP contribution is 2.29. The zero-order valence-electron chi connectivity index (χ0n) is 22.7. The number of rotatable bonds is 11. The Balaban J connectivity index is 1.68. The number of nitriles is 1. The number of amides is 2. The van der Waals surface area contributed by atoms with Gasteiger partial charge in [0.1, 0.15) is 11.6 Å². The quantitative estimate of drug-likeness (QED) is 0.202. The fraction of sp³-hybridized carbons (Fsp3) is 0.846. The number of nitrogens with one attached hydrogen (secondary N) is 2. The van der Waals surface area contributed by atoms with Crippen LogP contribution in [0.25, 0.3) is 0 Å². The predicted molar refractivity (Wildman–Crippen MR) is 141 cm³/mol. The van der Waals surface area contributed by atoms with Gasteiger partial charge in [-0.3, -0.25) is 10.1 Å². The van der Waals surface area contributed by atoms with Crippen molar-refractivity contribution in [1.82, 2.24) is 20.4 Å². The van der Waals surface area contributed by atoms with E-state index in [0.717, 1.165) is 32.2 Å². The van der Waals surface area contributed by atoms with Crippen LogP contribution in [-0.2, 0) is 19.0 Å². The number of likely N-dealkylation sites (tertiary alicyclic amines) is 1. The topological polar surface area (TPSA) is 149 Å². The van der Waals surface area contributed by atoms with Crippen LogP contribution in [0.3, 0.4) is 0 Å². The molecule has 2 saturated heterocycles. The van der Waals surface area contributed by atoms with Crippen LogP contribution in [0.2, 0.25) is 0 Å². The number of piperidine rings is 1. The monoisotopic (exact) mass is 536 g/mol. The molecule has 1 saturated carbocycles. The number of hydrogen-bond acceptors (Lipinski definition) is 8. The minimum absolute atomic E-state index is 0.172. The van der Waals surface area contributed by atoms with Crippen LogP contribution in [0.1, 0.15) is 51.4 Å². The number of ether oxygens (including phenoxy) is 3. The molecule has 214 valence electrons. The van der Waals surface area contributed by atoms with E-state index in [1.54, 1.807) is 7.11 Å². The van der Waals surface area contributed by atoms with E-state index >= 15 is 0 Å². The lowest BCUT2D eigenvalue weighted by molar-refractivity contribution is -0.124. The van der Waals surface area contributed by atoms with Crippen molar-refractivity contribution in [3.8, 4) is 6.07 Å².